The Kier molecular flexibility index (Phi) is 10.1. The third-order valence-corrected chi connectivity index (χ3v) is 6.47. The molecule has 1 aliphatic heterocycles. The first-order chi connectivity index (χ1) is 17.9. The van der Waals surface area contributed by atoms with Gasteiger partial charge in [0.25, 0.3) is 11.7 Å². The molecule has 37 heavy (non-hydrogen) atoms. The maximum absolute atomic E-state index is 13.5. The van der Waals surface area contributed by atoms with Gasteiger partial charge in [0.1, 0.15) is 11.6 Å². The molecule has 0 saturated carbocycles. The molecule has 2 aromatic rings. The molecule has 1 aliphatic rings. The summed E-state index contributed by atoms with van der Waals surface area (Å²) in [6, 6.07) is 9.70. The summed E-state index contributed by atoms with van der Waals surface area (Å²) in [6.45, 7) is 11.9. The molecule has 1 atom stereocenters. The van der Waals surface area contributed by atoms with Gasteiger partial charge in [-0.25, -0.2) is 4.39 Å². The van der Waals surface area contributed by atoms with Crippen molar-refractivity contribution in [1.82, 2.24) is 9.80 Å². The smallest absolute Gasteiger partial charge is 0.295 e. The van der Waals surface area contributed by atoms with Gasteiger partial charge < -0.3 is 24.4 Å². The van der Waals surface area contributed by atoms with Crippen LogP contribution < -0.4 is 9.47 Å². The Balaban J connectivity index is 2.08. The maximum atomic E-state index is 13.5. The standard InChI is InChI=1S/C29H37FN2O5/c1-5-18-37-23-15-12-21(19-24(23)36-8-4)26-25(27(33)20-10-13-22(30)14-11-20)28(34)29(35)32(26)17-9-16-31(6-2)7-3/h10-15,19,26,33H,5-9,16-18H2,1-4H3/b27-25+. The second-order valence-electron chi connectivity index (χ2n) is 8.87. The molecule has 0 bridgehead atoms. The first-order valence-electron chi connectivity index (χ1n) is 13.0. The molecular formula is C29H37FN2O5. The topological polar surface area (TPSA) is 79.3 Å². The Labute approximate surface area is 218 Å². The first kappa shape index (κ1) is 28.2. The number of carbonyl (C=O) groups is 2. The van der Waals surface area contributed by atoms with Crippen LogP contribution in [-0.2, 0) is 9.59 Å². The van der Waals surface area contributed by atoms with Crippen LogP contribution in [0.25, 0.3) is 5.76 Å². The zero-order valence-corrected chi connectivity index (χ0v) is 22.1. The fourth-order valence-electron chi connectivity index (χ4n) is 4.52. The van der Waals surface area contributed by atoms with Crippen molar-refractivity contribution < 1.29 is 28.6 Å². The van der Waals surface area contributed by atoms with Gasteiger partial charge in [0, 0.05) is 12.1 Å². The predicted octanol–water partition coefficient (Wildman–Crippen LogP) is 5.17. The number of ketones is 1. The van der Waals surface area contributed by atoms with Crippen LogP contribution in [0.2, 0.25) is 0 Å². The lowest BCUT2D eigenvalue weighted by atomic mass is 9.95. The summed E-state index contributed by atoms with van der Waals surface area (Å²) in [4.78, 5) is 30.2. The molecule has 8 heteroatoms. The van der Waals surface area contributed by atoms with Gasteiger partial charge in [0.2, 0.25) is 0 Å². The molecule has 1 unspecified atom stereocenters. The molecule has 200 valence electrons. The number of ether oxygens (including phenoxy) is 2. The average molecular weight is 513 g/mol. The summed E-state index contributed by atoms with van der Waals surface area (Å²) < 4.78 is 25.2. The summed E-state index contributed by atoms with van der Waals surface area (Å²) in [5.74, 6) is -1.15. The molecule has 1 amide bonds. The van der Waals surface area contributed by atoms with Gasteiger partial charge in [-0.15, -0.1) is 0 Å². The average Bonchev–Trinajstić information content (AvgIpc) is 3.15. The zero-order chi connectivity index (χ0) is 26.9. The summed E-state index contributed by atoms with van der Waals surface area (Å²) in [7, 11) is 0. The number of nitrogens with zero attached hydrogens (tertiary/aromatic N) is 2. The number of halogens is 1. The SMILES string of the molecule is CCCOc1ccc(C2/C(=C(\O)c3ccc(F)cc3)C(=O)C(=O)N2CCCN(CC)CC)cc1OCC. The van der Waals surface area contributed by atoms with Crippen LogP contribution in [0.5, 0.6) is 11.5 Å². The lowest BCUT2D eigenvalue weighted by Gasteiger charge is -2.27. The maximum Gasteiger partial charge on any atom is 0.295 e. The highest BCUT2D eigenvalue weighted by atomic mass is 19.1. The first-order valence-corrected chi connectivity index (χ1v) is 13.0. The molecule has 1 heterocycles. The zero-order valence-electron chi connectivity index (χ0n) is 22.1. The van der Waals surface area contributed by atoms with Crippen molar-refractivity contribution >= 4 is 17.4 Å². The number of Topliss-reactive ketones (excluding diaryl/α,β-unsaturated/α-hetero) is 1. The van der Waals surface area contributed by atoms with E-state index < -0.39 is 23.5 Å². The normalized spacial score (nSPS) is 17.0. The monoisotopic (exact) mass is 512 g/mol. The van der Waals surface area contributed by atoms with Gasteiger partial charge >= 0.3 is 0 Å². The van der Waals surface area contributed by atoms with E-state index in [-0.39, 0.29) is 16.9 Å². The van der Waals surface area contributed by atoms with Crippen molar-refractivity contribution in [3.05, 3.63) is 65.0 Å². The molecule has 1 saturated heterocycles. The highest BCUT2D eigenvalue weighted by molar-refractivity contribution is 6.46. The van der Waals surface area contributed by atoms with E-state index in [1.807, 2.05) is 13.8 Å². The van der Waals surface area contributed by atoms with Gasteiger partial charge in [0.05, 0.1) is 24.8 Å². The number of hydrogen-bond acceptors (Lipinski definition) is 6. The molecule has 0 radical (unpaired) electrons. The van der Waals surface area contributed by atoms with Crippen LogP contribution in [0.15, 0.2) is 48.0 Å². The van der Waals surface area contributed by atoms with E-state index in [0.29, 0.717) is 43.2 Å². The van der Waals surface area contributed by atoms with Crippen LogP contribution in [-0.4, -0.2) is 66.0 Å². The number of aliphatic hydroxyl groups is 1. The van der Waals surface area contributed by atoms with E-state index in [4.69, 9.17) is 9.47 Å². The van der Waals surface area contributed by atoms with Gasteiger partial charge in [-0.05, 0) is 81.4 Å². The molecule has 7 nitrogen and oxygen atoms in total. The molecule has 2 aromatic carbocycles. The summed E-state index contributed by atoms with van der Waals surface area (Å²) in [5.41, 5.74) is 0.864. The van der Waals surface area contributed by atoms with Crippen molar-refractivity contribution in [1.29, 1.82) is 0 Å². The van der Waals surface area contributed by atoms with Crippen molar-refractivity contribution in [2.24, 2.45) is 0 Å². The van der Waals surface area contributed by atoms with E-state index in [0.717, 1.165) is 26.1 Å². The summed E-state index contributed by atoms with van der Waals surface area (Å²) >= 11 is 0. The minimum absolute atomic E-state index is 0.0240. The number of rotatable bonds is 13. The lowest BCUT2D eigenvalue weighted by Crippen LogP contribution is -2.33. The number of benzene rings is 2. The Morgan fingerprint density at radius 2 is 1.70 bits per heavy atom. The molecule has 0 aromatic heterocycles. The third-order valence-electron chi connectivity index (χ3n) is 6.47. The Morgan fingerprint density at radius 3 is 2.32 bits per heavy atom. The molecule has 0 spiro atoms. The van der Waals surface area contributed by atoms with Crippen LogP contribution in [0, 0.1) is 5.82 Å². The Hall–Kier alpha value is -3.39. The van der Waals surface area contributed by atoms with Crippen LogP contribution in [0.4, 0.5) is 4.39 Å². The van der Waals surface area contributed by atoms with E-state index in [1.165, 1.54) is 29.2 Å². The van der Waals surface area contributed by atoms with Crippen molar-refractivity contribution in [2.45, 2.75) is 46.6 Å². The highest BCUT2D eigenvalue weighted by Crippen LogP contribution is 2.42. The van der Waals surface area contributed by atoms with Crippen LogP contribution >= 0.6 is 0 Å². The predicted molar refractivity (Wildman–Crippen MR) is 141 cm³/mol. The van der Waals surface area contributed by atoms with Gasteiger partial charge in [-0.2, -0.15) is 0 Å². The Morgan fingerprint density at radius 1 is 1.00 bits per heavy atom. The lowest BCUT2D eigenvalue weighted by molar-refractivity contribution is -0.140. The molecule has 1 N–H and O–H groups in total. The van der Waals surface area contributed by atoms with Gasteiger partial charge in [0.15, 0.2) is 11.5 Å². The van der Waals surface area contributed by atoms with E-state index >= 15 is 0 Å². The van der Waals surface area contributed by atoms with E-state index in [2.05, 4.69) is 18.7 Å². The number of hydrogen-bond donors (Lipinski definition) is 1. The molecular weight excluding hydrogens is 475 g/mol. The molecule has 3 rings (SSSR count). The number of likely N-dealkylation sites (tertiary alicyclic amines) is 1. The van der Waals surface area contributed by atoms with Crippen molar-refractivity contribution in [3.8, 4) is 11.5 Å². The molecule has 0 aliphatic carbocycles. The van der Waals surface area contributed by atoms with Crippen LogP contribution in [0.1, 0.15) is 57.7 Å². The Bertz CT molecular complexity index is 1110. The number of carbonyl (C=O) groups excluding carboxylic acids is 2. The highest BCUT2D eigenvalue weighted by Gasteiger charge is 2.46. The van der Waals surface area contributed by atoms with Gasteiger partial charge in [-0.3, -0.25) is 9.59 Å². The largest absolute Gasteiger partial charge is 0.507 e. The summed E-state index contributed by atoms with van der Waals surface area (Å²) in [5, 5.41) is 11.2. The second-order valence-corrected chi connectivity index (χ2v) is 8.87. The van der Waals surface area contributed by atoms with E-state index in [1.54, 1.807) is 18.2 Å². The number of amides is 1. The molecule has 1 fully saturated rings. The van der Waals surface area contributed by atoms with Crippen LogP contribution in [0.3, 0.4) is 0 Å². The summed E-state index contributed by atoms with van der Waals surface area (Å²) in [6.07, 6.45) is 1.50. The fourth-order valence-corrected chi connectivity index (χ4v) is 4.52. The second kappa shape index (κ2) is 13.2. The van der Waals surface area contributed by atoms with Crippen molar-refractivity contribution in [3.63, 3.8) is 0 Å². The minimum Gasteiger partial charge on any atom is -0.507 e. The van der Waals surface area contributed by atoms with Crippen molar-refractivity contribution in [2.75, 3.05) is 39.4 Å². The third kappa shape index (κ3) is 6.49. The minimum atomic E-state index is -0.818. The van der Waals surface area contributed by atoms with Gasteiger partial charge in [-0.1, -0.05) is 26.8 Å². The van der Waals surface area contributed by atoms with E-state index in [9.17, 15) is 19.1 Å². The quantitative estimate of drug-likeness (QED) is 0.227. The number of aliphatic hydroxyl groups excluding tert-OH is 1. The fraction of sp³-hybridized carbons (Fsp3) is 0.448.